The summed E-state index contributed by atoms with van der Waals surface area (Å²) in [7, 11) is 0. The van der Waals surface area contributed by atoms with Gasteiger partial charge in [0.2, 0.25) is 0 Å². The fourth-order valence-corrected chi connectivity index (χ4v) is 0.285. The van der Waals surface area contributed by atoms with E-state index >= 15 is 0 Å². The normalized spacial score (nSPS) is 6.90. The number of amides is 6. The predicted molar refractivity (Wildman–Crippen MR) is 70.0 cm³/mol. The second-order valence-corrected chi connectivity index (χ2v) is 2.31. The molecule has 0 heterocycles. The zero-order valence-electron chi connectivity index (χ0n) is 11.3. The van der Waals surface area contributed by atoms with Gasteiger partial charge in [0.1, 0.15) is 0 Å². The van der Waals surface area contributed by atoms with E-state index in [2.05, 4.69) is 43.9 Å². The van der Waals surface area contributed by atoms with Gasteiger partial charge in [-0.05, 0) is 13.8 Å². The van der Waals surface area contributed by atoms with Gasteiger partial charge in [-0.3, -0.25) is 0 Å². The smallest absolute Gasteiger partial charge is 0.404 e. The lowest BCUT2D eigenvalue weighted by Gasteiger charge is -1.89. The van der Waals surface area contributed by atoms with E-state index in [1.807, 2.05) is 0 Å². The van der Waals surface area contributed by atoms with Crippen molar-refractivity contribution < 1.29 is 28.7 Å². The Morgan fingerprint density at radius 3 is 0.800 bits per heavy atom. The first-order chi connectivity index (χ1) is 9.00. The summed E-state index contributed by atoms with van der Waals surface area (Å²) in [6, 6.07) is -1.67. The quantitative estimate of drug-likeness (QED) is 0.344. The van der Waals surface area contributed by atoms with Gasteiger partial charge in [0.15, 0.2) is 0 Å². The maximum absolute atomic E-state index is 9.60. The average molecular weight is 298 g/mol. The van der Waals surface area contributed by atoms with Crippen molar-refractivity contribution in [1.82, 2.24) is 0 Å². The molecule has 0 aliphatic rings. The third-order valence-corrected chi connectivity index (χ3v) is 0.573. The Bertz CT molecular complexity index is 249. The van der Waals surface area contributed by atoms with Crippen LogP contribution in [0.3, 0.4) is 0 Å². The van der Waals surface area contributed by atoms with Gasteiger partial charge in [0.25, 0.3) is 0 Å². The molecule has 0 unspecified atom stereocenters. The molecule has 0 aliphatic carbocycles. The number of nitrogens with two attached hydrogens (primary N) is 6. The van der Waals surface area contributed by atoms with E-state index in [1.165, 1.54) is 0 Å². The van der Waals surface area contributed by atoms with Gasteiger partial charge in [-0.25, -0.2) is 19.2 Å². The van der Waals surface area contributed by atoms with E-state index in [1.54, 1.807) is 13.8 Å². The van der Waals surface area contributed by atoms with Crippen LogP contribution in [0.5, 0.6) is 0 Å². The van der Waals surface area contributed by atoms with E-state index in [0.717, 1.165) is 0 Å². The highest BCUT2D eigenvalue weighted by molar-refractivity contribution is 5.69. The fourth-order valence-electron chi connectivity index (χ4n) is 0.285. The van der Waals surface area contributed by atoms with Crippen LogP contribution >= 0.6 is 0 Å². The summed E-state index contributed by atoms with van der Waals surface area (Å²) in [6.07, 6.45) is -1.42. The molecule has 0 atom stereocenters. The zero-order chi connectivity index (χ0) is 17.1. The van der Waals surface area contributed by atoms with Crippen LogP contribution in [0.4, 0.5) is 19.2 Å². The minimum absolute atomic E-state index is 0.356. The van der Waals surface area contributed by atoms with Crippen LogP contribution in [-0.2, 0) is 9.47 Å². The molecule has 0 aliphatic heterocycles. The molecule has 12 nitrogen and oxygen atoms in total. The minimum atomic E-state index is -0.833. The molecule has 0 saturated carbocycles. The molecule has 6 amide bonds. The van der Waals surface area contributed by atoms with Crippen molar-refractivity contribution in [3.05, 3.63) is 0 Å². The molecule has 0 aromatic rings. The number of carbonyl (C=O) groups excluding carboxylic acids is 4. The molecular weight excluding hydrogens is 276 g/mol. The minimum Gasteiger partial charge on any atom is -0.450 e. The van der Waals surface area contributed by atoms with Crippen molar-refractivity contribution in [2.75, 3.05) is 13.2 Å². The van der Waals surface area contributed by atoms with Gasteiger partial charge in [0.05, 0.1) is 13.2 Å². The predicted octanol–water partition coefficient (Wildman–Crippen LogP) is -1.75. The lowest BCUT2D eigenvalue weighted by atomic mass is 10.9. The second kappa shape index (κ2) is 21.4. The SMILES string of the molecule is CCOC(N)=O.CCOC(N)=O.NC(N)=O.NC(N)=O. The van der Waals surface area contributed by atoms with Crippen LogP contribution in [0.25, 0.3) is 0 Å². The Hall–Kier alpha value is -2.92. The number of ether oxygens (including phenoxy) is 2. The van der Waals surface area contributed by atoms with Crippen LogP contribution in [0.1, 0.15) is 13.8 Å². The molecule has 0 aromatic heterocycles. The standard InChI is InChI=1S/2C3H7NO2.2CH4N2O/c2*1-2-6-3(4)5;2*2-1(3)4/h2*2H2,1H3,(H2,4,5);2*(H4,2,3,4). The van der Waals surface area contributed by atoms with Crippen LogP contribution in [0.15, 0.2) is 0 Å². The molecule has 0 rings (SSSR count). The van der Waals surface area contributed by atoms with Crippen molar-refractivity contribution in [1.29, 1.82) is 0 Å². The lowest BCUT2D eigenvalue weighted by Crippen LogP contribution is -2.18. The van der Waals surface area contributed by atoms with Crippen molar-refractivity contribution in [3.63, 3.8) is 0 Å². The van der Waals surface area contributed by atoms with Gasteiger partial charge in [-0.2, -0.15) is 0 Å². The summed E-state index contributed by atoms with van der Waals surface area (Å²) in [6.45, 7) is 4.11. The Morgan fingerprint density at radius 1 is 0.650 bits per heavy atom. The molecular formula is C8H22N6O6. The van der Waals surface area contributed by atoms with Crippen LogP contribution in [0, 0.1) is 0 Å². The topological polar surface area (TPSA) is 243 Å². The van der Waals surface area contributed by atoms with Gasteiger partial charge in [-0.15, -0.1) is 0 Å². The Morgan fingerprint density at radius 2 is 0.800 bits per heavy atom. The first kappa shape index (κ1) is 25.8. The number of primary amides is 6. The van der Waals surface area contributed by atoms with Crippen molar-refractivity contribution in [3.8, 4) is 0 Å². The summed E-state index contributed by atoms with van der Waals surface area (Å²) < 4.78 is 8.36. The molecule has 0 aromatic carbocycles. The van der Waals surface area contributed by atoms with Crippen molar-refractivity contribution >= 4 is 24.2 Å². The van der Waals surface area contributed by atoms with Gasteiger partial charge in [0, 0.05) is 0 Å². The molecule has 0 fully saturated rings. The summed E-state index contributed by atoms with van der Waals surface area (Å²) >= 11 is 0. The molecule has 0 saturated heterocycles. The van der Waals surface area contributed by atoms with Crippen LogP contribution in [-0.4, -0.2) is 37.5 Å². The van der Waals surface area contributed by atoms with Crippen LogP contribution < -0.4 is 34.4 Å². The molecule has 0 bridgehead atoms. The van der Waals surface area contributed by atoms with Crippen LogP contribution in [0.2, 0.25) is 0 Å². The van der Waals surface area contributed by atoms with E-state index in [0.29, 0.717) is 13.2 Å². The van der Waals surface area contributed by atoms with E-state index < -0.39 is 24.2 Å². The maximum atomic E-state index is 9.60. The van der Waals surface area contributed by atoms with E-state index in [4.69, 9.17) is 9.59 Å². The molecule has 12 heteroatoms. The van der Waals surface area contributed by atoms with Gasteiger partial charge in [-0.1, -0.05) is 0 Å². The highest BCUT2D eigenvalue weighted by atomic mass is 16.5. The van der Waals surface area contributed by atoms with Gasteiger partial charge >= 0.3 is 24.2 Å². The number of urea groups is 2. The third-order valence-electron chi connectivity index (χ3n) is 0.573. The first-order valence-corrected chi connectivity index (χ1v) is 4.95. The van der Waals surface area contributed by atoms with Crippen molar-refractivity contribution in [2.45, 2.75) is 13.8 Å². The molecule has 20 heavy (non-hydrogen) atoms. The van der Waals surface area contributed by atoms with Gasteiger partial charge < -0.3 is 43.9 Å². The van der Waals surface area contributed by atoms with E-state index in [-0.39, 0.29) is 0 Å². The lowest BCUT2D eigenvalue weighted by molar-refractivity contribution is 0.162. The number of hydrogen-bond donors (Lipinski definition) is 6. The maximum Gasteiger partial charge on any atom is 0.404 e. The largest absolute Gasteiger partial charge is 0.450 e. The summed E-state index contributed by atoms with van der Waals surface area (Å²) in [4.78, 5) is 37.2. The first-order valence-electron chi connectivity index (χ1n) is 4.95. The summed E-state index contributed by atoms with van der Waals surface area (Å²) in [5, 5.41) is 0. The Kier molecular flexibility index (Phi) is 27.6. The number of carbonyl (C=O) groups is 4. The number of rotatable bonds is 2. The summed E-state index contributed by atoms with van der Waals surface area (Å²) in [5.74, 6) is 0. The van der Waals surface area contributed by atoms with Crippen molar-refractivity contribution in [2.24, 2.45) is 34.4 Å². The zero-order valence-corrected chi connectivity index (χ0v) is 11.3. The molecule has 0 spiro atoms. The molecule has 0 radical (unpaired) electrons. The molecule has 12 N–H and O–H groups in total. The Labute approximate surface area is 115 Å². The highest BCUT2D eigenvalue weighted by Gasteiger charge is 1.82. The number of hydrogen-bond acceptors (Lipinski definition) is 6. The monoisotopic (exact) mass is 298 g/mol. The second-order valence-electron chi connectivity index (χ2n) is 2.31. The third kappa shape index (κ3) is 315. The Balaban J connectivity index is -0.0000000871. The average Bonchev–Trinajstić information content (AvgIpc) is 2.15. The molecule has 120 valence electrons. The fraction of sp³-hybridized carbons (Fsp3) is 0.500. The van der Waals surface area contributed by atoms with E-state index in [9.17, 15) is 9.59 Å². The summed E-state index contributed by atoms with van der Waals surface area (Å²) in [5.41, 5.74) is 26.1. The highest BCUT2D eigenvalue weighted by Crippen LogP contribution is 1.66.